The fraction of sp³-hybridized carbons (Fsp3) is 0.429. The predicted molar refractivity (Wildman–Crippen MR) is 130 cm³/mol. The normalized spacial score (nSPS) is 17.7. The Kier molecular flexibility index (Phi) is 8.48. The van der Waals surface area contributed by atoms with Crippen molar-refractivity contribution >= 4 is 39.8 Å². The number of hydrogen-bond donors (Lipinski definition) is 1. The second kappa shape index (κ2) is 10.4. The van der Waals surface area contributed by atoms with E-state index >= 15 is 0 Å². The average molecular weight is 544 g/mol. The van der Waals surface area contributed by atoms with E-state index in [1.54, 1.807) is 27.1 Å². The maximum Gasteiger partial charge on any atom is 0.213 e. The highest BCUT2D eigenvalue weighted by Crippen LogP contribution is 2.23. The van der Waals surface area contributed by atoms with Crippen LogP contribution in [0.3, 0.4) is 0 Å². The Bertz CT molecular complexity index is 965. The third-order valence-corrected chi connectivity index (χ3v) is 7.57. The summed E-state index contributed by atoms with van der Waals surface area (Å²) in [4.78, 5) is 10.6. The summed E-state index contributed by atoms with van der Waals surface area (Å²) in [6.07, 6.45) is 1.72. The molecule has 1 aliphatic heterocycles. The number of nitrogens with one attached hydrogen (secondary N) is 1. The maximum absolute atomic E-state index is 12.2. The topological polar surface area (TPSA) is 83.9 Å². The Hall–Kier alpha value is -1.88. The van der Waals surface area contributed by atoms with Gasteiger partial charge in [0.25, 0.3) is 0 Å². The van der Waals surface area contributed by atoms with Crippen LogP contribution in [0, 0.1) is 0 Å². The van der Waals surface area contributed by atoms with Crippen LogP contribution in [0.4, 0.5) is 0 Å². The molecule has 1 fully saturated rings. The molecule has 3 rings (SSSR count). The third-order valence-electron chi connectivity index (χ3n) is 5.03. The molecule has 1 aromatic heterocycles. The zero-order valence-corrected chi connectivity index (χ0v) is 20.7. The van der Waals surface area contributed by atoms with Crippen LogP contribution in [-0.2, 0) is 23.0 Å². The van der Waals surface area contributed by atoms with E-state index in [1.165, 1.54) is 0 Å². The van der Waals surface area contributed by atoms with Gasteiger partial charge in [0, 0.05) is 38.9 Å². The van der Waals surface area contributed by atoms with E-state index in [2.05, 4.69) is 15.3 Å². The fourth-order valence-electron chi connectivity index (χ4n) is 3.21. The smallest absolute Gasteiger partial charge is 0.213 e. The van der Waals surface area contributed by atoms with Crippen LogP contribution in [-0.4, -0.2) is 54.9 Å². The zero-order valence-electron chi connectivity index (χ0n) is 17.5. The van der Waals surface area contributed by atoms with Gasteiger partial charge in [-0.3, -0.25) is 4.99 Å². The molecule has 9 heteroatoms. The van der Waals surface area contributed by atoms with Gasteiger partial charge in [-0.1, -0.05) is 30.3 Å². The lowest BCUT2D eigenvalue weighted by Gasteiger charge is -2.39. The Morgan fingerprint density at radius 3 is 2.63 bits per heavy atom. The van der Waals surface area contributed by atoms with Crippen LogP contribution >= 0.6 is 24.0 Å². The highest BCUT2D eigenvalue weighted by atomic mass is 127. The minimum atomic E-state index is -3.09. The lowest BCUT2D eigenvalue weighted by molar-refractivity contribution is 0.293. The van der Waals surface area contributed by atoms with Crippen molar-refractivity contribution in [1.29, 1.82) is 0 Å². The molecule has 2 heterocycles. The van der Waals surface area contributed by atoms with Crippen molar-refractivity contribution in [3.8, 4) is 5.88 Å². The first kappa shape index (κ1) is 24.4. The summed E-state index contributed by atoms with van der Waals surface area (Å²) < 4.78 is 29.5. The van der Waals surface area contributed by atoms with Crippen molar-refractivity contribution in [2.75, 3.05) is 25.9 Å². The standard InChI is InChI=1S/C21H28N4O3S.HI/c1-21(2)16-25(11-12-29(21,26)27)20(22-3)24-14-18-9-10-23-19(13-18)28-15-17-7-5-4-6-8-17;/h4-10,13H,11-12,14-16H2,1-3H3,(H,22,24);1H. The first-order valence-electron chi connectivity index (χ1n) is 9.60. The van der Waals surface area contributed by atoms with Crippen molar-refractivity contribution < 1.29 is 13.2 Å². The molecule has 2 aromatic rings. The lowest BCUT2D eigenvalue weighted by atomic mass is 10.2. The van der Waals surface area contributed by atoms with E-state index in [0.717, 1.165) is 11.1 Å². The Balaban J connectivity index is 0.00000320. The molecule has 0 bridgehead atoms. The van der Waals surface area contributed by atoms with Gasteiger partial charge in [0.1, 0.15) is 6.61 Å². The van der Waals surface area contributed by atoms with Gasteiger partial charge in [-0.15, -0.1) is 24.0 Å². The number of aliphatic imine (C=N–C) groups is 1. The summed E-state index contributed by atoms with van der Waals surface area (Å²) in [7, 11) is -1.38. The fourth-order valence-corrected chi connectivity index (χ4v) is 4.57. The highest BCUT2D eigenvalue weighted by Gasteiger charge is 2.40. The molecule has 0 spiro atoms. The van der Waals surface area contributed by atoms with Crippen molar-refractivity contribution in [3.05, 3.63) is 59.8 Å². The molecule has 1 aromatic carbocycles. The summed E-state index contributed by atoms with van der Waals surface area (Å²) in [5, 5.41) is 3.32. The summed E-state index contributed by atoms with van der Waals surface area (Å²) in [5.41, 5.74) is 2.09. The number of guanidine groups is 1. The van der Waals surface area contributed by atoms with Crippen LogP contribution in [0.5, 0.6) is 5.88 Å². The molecule has 164 valence electrons. The quantitative estimate of drug-likeness (QED) is 0.354. The summed E-state index contributed by atoms with van der Waals surface area (Å²) in [6, 6.07) is 13.8. The predicted octanol–water partition coefficient (Wildman–Crippen LogP) is 2.86. The lowest BCUT2D eigenvalue weighted by Crippen LogP contribution is -2.57. The van der Waals surface area contributed by atoms with Crippen LogP contribution < -0.4 is 10.1 Å². The summed E-state index contributed by atoms with van der Waals surface area (Å²) in [5.74, 6) is 1.39. The molecule has 0 aliphatic carbocycles. The van der Waals surface area contributed by atoms with E-state index in [-0.39, 0.29) is 29.7 Å². The van der Waals surface area contributed by atoms with Crippen molar-refractivity contribution in [3.63, 3.8) is 0 Å². The van der Waals surface area contributed by atoms with Gasteiger partial charge in [-0.2, -0.15) is 0 Å². The average Bonchev–Trinajstić information content (AvgIpc) is 2.70. The number of benzene rings is 1. The molecule has 7 nitrogen and oxygen atoms in total. The summed E-state index contributed by atoms with van der Waals surface area (Å²) >= 11 is 0. The van der Waals surface area contributed by atoms with Crippen LogP contribution in [0.1, 0.15) is 25.0 Å². The molecule has 1 N–H and O–H groups in total. The molecule has 0 amide bonds. The van der Waals surface area contributed by atoms with Gasteiger partial charge in [0.2, 0.25) is 5.88 Å². The highest BCUT2D eigenvalue weighted by molar-refractivity contribution is 14.0. The SMILES string of the molecule is CN=C(NCc1ccnc(OCc2ccccc2)c1)N1CCS(=O)(=O)C(C)(C)C1.I. The summed E-state index contributed by atoms with van der Waals surface area (Å²) in [6.45, 7) is 5.39. The molecule has 0 unspecified atom stereocenters. The zero-order chi connectivity index (χ0) is 20.9. The number of aromatic nitrogens is 1. The molecular weight excluding hydrogens is 515 g/mol. The number of nitrogens with zero attached hydrogens (tertiary/aromatic N) is 3. The molecule has 0 radical (unpaired) electrons. The van der Waals surface area contributed by atoms with Gasteiger partial charge in [0.05, 0.1) is 10.5 Å². The van der Waals surface area contributed by atoms with Gasteiger partial charge >= 0.3 is 0 Å². The van der Waals surface area contributed by atoms with E-state index in [1.807, 2.05) is 47.4 Å². The largest absolute Gasteiger partial charge is 0.473 e. The molecule has 0 saturated carbocycles. The number of sulfone groups is 1. The van der Waals surface area contributed by atoms with E-state index < -0.39 is 14.6 Å². The monoisotopic (exact) mass is 544 g/mol. The van der Waals surface area contributed by atoms with Crippen molar-refractivity contribution in [1.82, 2.24) is 15.2 Å². The van der Waals surface area contributed by atoms with Gasteiger partial charge in [-0.05, 0) is 31.0 Å². The molecule has 1 aliphatic rings. The number of halogens is 1. The minimum Gasteiger partial charge on any atom is -0.473 e. The third kappa shape index (κ3) is 6.07. The van der Waals surface area contributed by atoms with Crippen LogP contribution in [0.15, 0.2) is 53.7 Å². The number of pyridine rings is 1. The van der Waals surface area contributed by atoms with Crippen molar-refractivity contribution in [2.45, 2.75) is 31.7 Å². The minimum absolute atomic E-state index is 0. The van der Waals surface area contributed by atoms with Gasteiger partial charge in [0.15, 0.2) is 15.8 Å². The maximum atomic E-state index is 12.2. The number of rotatable bonds is 5. The number of ether oxygens (including phenoxy) is 1. The van der Waals surface area contributed by atoms with E-state index in [0.29, 0.717) is 38.1 Å². The van der Waals surface area contributed by atoms with E-state index in [9.17, 15) is 8.42 Å². The van der Waals surface area contributed by atoms with E-state index in [4.69, 9.17) is 4.74 Å². The van der Waals surface area contributed by atoms with Gasteiger partial charge in [-0.25, -0.2) is 13.4 Å². The molecular formula is C21H29IN4O3S. The Morgan fingerprint density at radius 2 is 1.97 bits per heavy atom. The molecule has 0 atom stereocenters. The van der Waals surface area contributed by atoms with Gasteiger partial charge < -0.3 is 15.0 Å². The van der Waals surface area contributed by atoms with Crippen LogP contribution in [0.2, 0.25) is 0 Å². The Labute approximate surface area is 195 Å². The van der Waals surface area contributed by atoms with Crippen molar-refractivity contribution in [2.24, 2.45) is 4.99 Å². The first-order chi connectivity index (χ1) is 13.8. The second-order valence-electron chi connectivity index (χ2n) is 7.68. The first-order valence-corrected chi connectivity index (χ1v) is 11.3. The molecule has 30 heavy (non-hydrogen) atoms. The second-order valence-corrected chi connectivity index (χ2v) is 10.4. The number of hydrogen-bond acceptors (Lipinski definition) is 5. The van der Waals surface area contributed by atoms with Crippen LogP contribution in [0.25, 0.3) is 0 Å². The Morgan fingerprint density at radius 1 is 1.23 bits per heavy atom. The molecule has 1 saturated heterocycles.